The smallest absolute Gasteiger partial charge is 0.226 e. The maximum Gasteiger partial charge on any atom is 0.226 e. The van der Waals surface area contributed by atoms with Crippen LogP contribution in [0.25, 0.3) is 16.8 Å². The predicted octanol–water partition coefficient (Wildman–Crippen LogP) is 5.65. The second kappa shape index (κ2) is 6.98. The summed E-state index contributed by atoms with van der Waals surface area (Å²) in [4.78, 5) is 4.36. The van der Waals surface area contributed by atoms with Crippen molar-refractivity contribution in [2.24, 2.45) is 0 Å². The summed E-state index contributed by atoms with van der Waals surface area (Å²) >= 11 is 6.21. The quantitative estimate of drug-likeness (QED) is 0.496. The van der Waals surface area contributed by atoms with Crippen molar-refractivity contribution < 1.29 is 0 Å². The van der Waals surface area contributed by atoms with Gasteiger partial charge in [-0.3, -0.25) is 0 Å². The van der Waals surface area contributed by atoms with Crippen LogP contribution in [0.15, 0.2) is 91.3 Å². The van der Waals surface area contributed by atoms with E-state index in [1.54, 1.807) is 6.33 Å². The van der Waals surface area contributed by atoms with Gasteiger partial charge in [-0.2, -0.15) is 10.1 Å². The van der Waals surface area contributed by atoms with Gasteiger partial charge < -0.3 is 5.32 Å². The number of nitrogens with zero attached hydrogens (tertiary/aromatic N) is 3. The fourth-order valence-corrected chi connectivity index (χ4v) is 3.70. The minimum absolute atomic E-state index is 0.0683. The topological polar surface area (TPSA) is 42.7 Å². The molecular weight excluding hydrogens is 368 g/mol. The molecule has 1 aliphatic heterocycles. The van der Waals surface area contributed by atoms with E-state index in [4.69, 9.17) is 11.6 Å². The summed E-state index contributed by atoms with van der Waals surface area (Å²) in [5.74, 6) is 0.717. The second-order valence-electron chi connectivity index (χ2n) is 6.68. The first-order valence-electron chi connectivity index (χ1n) is 9.07. The van der Waals surface area contributed by atoms with Crippen LogP contribution in [0.3, 0.4) is 0 Å². The van der Waals surface area contributed by atoms with Crippen LogP contribution in [0.2, 0.25) is 5.02 Å². The highest BCUT2D eigenvalue weighted by Gasteiger charge is 2.23. The third kappa shape index (κ3) is 3.08. The summed E-state index contributed by atoms with van der Waals surface area (Å²) < 4.78 is 1.87. The number of fused-ring (bicyclic) bond motifs is 1. The van der Waals surface area contributed by atoms with Crippen LogP contribution in [-0.4, -0.2) is 14.8 Å². The Labute approximate surface area is 168 Å². The van der Waals surface area contributed by atoms with Gasteiger partial charge in [0.05, 0.1) is 0 Å². The second-order valence-corrected chi connectivity index (χ2v) is 7.11. The van der Waals surface area contributed by atoms with Crippen molar-refractivity contribution >= 4 is 23.2 Å². The number of anilines is 1. The molecule has 1 aromatic heterocycles. The third-order valence-corrected chi connectivity index (χ3v) is 5.14. The molecular formula is C23H17ClN4. The number of aromatic nitrogens is 3. The predicted molar refractivity (Wildman–Crippen MR) is 113 cm³/mol. The van der Waals surface area contributed by atoms with Crippen molar-refractivity contribution in [2.45, 2.75) is 6.04 Å². The monoisotopic (exact) mass is 384 g/mol. The Morgan fingerprint density at radius 3 is 2.36 bits per heavy atom. The summed E-state index contributed by atoms with van der Waals surface area (Å²) in [6.45, 7) is 0. The van der Waals surface area contributed by atoms with Gasteiger partial charge in [-0.1, -0.05) is 78.3 Å². The van der Waals surface area contributed by atoms with E-state index < -0.39 is 0 Å². The van der Waals surface area contributed by atoms with Gasteiger partial charge in [-0.15, -0.1) is 0 Å². The van der Waals surface area contributed by atoms with Gasteiger partial charge in [0.1, 0.15) is 12.4 Å². The van der Waals surface area contributed by atoms with E-state index >= 15 is 0 Å². The molecule has 0 spiro atoms. The van der Waals surface area contributed by atoms with Gasteiger partial charge in [0.15, 0.2) is 0 Å². The molecule has 0 radical (unpaired) electrons. The summed E-state index contributed by atoms with van der Waals surface area (Å²) in [5.41, 5.74) is 5.57. The fraction of sp³-hybridized carbons (Fsp3) is 0.0435. The standard InChI is InChI=1S/C23H17ClN4/c24-20-8-4-7-19(13-20)22-14-21(27-23-25-15-26-28(22)23)18-11-9-17(10-12-18)16-5-2-1-3-6-16/h1-15,22H,(H,25,26,27)/t22-/m1/s1. The van der Waals surface area contributed by atoms with E-state index in [9.17, 15) is 0 Å². The minimum atomic E-state index is -0.0683. The molecule has 136 valence electrons. The Morgan fingerprint density at radius 1 is 0.821 bits per heavy atom. The zero-order chi connectivity index (χ0) is 18.9. The van der Waals surface area contributed by atoms with Gasteiger partial charge in [-0.25, -0.2) is 4.68 Å². The molecule has 0 saturated heterocycles. The van der Waals surface area contributed by atoms with Crippen molar-refractivity contribution in [1.82, 2.24) is 14.8 Å². The highest BCUT2D eigenvalue weighted by molar-refractivity contribution is 6.30. The van der Waals surface area contributed by atoms with Crippen LogP contribution in [-0.2, 0) is 0 Å². The maximum absolute atomic E-state index is 6.21. The first kappa shape index (κ1) is 16.8. The molecule has 1 aliphatic rings. The van der Waals surface area contributed by atoms with E-state index in [2.05, 4.69) is 76.1 Å². The van der Waals surface area contributed by atoms with Gasteiger partial charge in [-0.05, 0) is 40.5 Å². The van der Waals surface area contributed by atoms with E-state index in [-0.39, 0.29) is 6.04 Å². The number of allylic oxidation sites excluding steroid dienone is 1. The molecule has 2 heterocycles. The molecule has 0 bridgehead atoms. The van der Waals surface area contributed by atoms with Crippen LogP contribution < -0.4 is 5.32 Å². The largest absolute Gasteiger partial charge is 0.324 e. The first-order chi connectivity index (χ1) is 13.8. The van der Waals surface area contributed by atoms with Crippen LogP contribution in [0.1, 0.15) is 17.2 Å². The fourth-order valence-electron chi connectivity index (χ4n) is 3.50. The van der Waals surface area contributed by atoms with Crippen molar-refractivity contribution in [1.29, 1.82) is 0 Å². The Bertz CT molecular complexity index is 1150. The molecule has 1 N–H and O–H groups in total. The average molecular weight is 385 g/mol. The summed E-state index contributed by atoms with van der Waals surface area (Å²) in [6, 6.07) is 26.7. The Morgan fingerprint density at radius 2 is 1.57 bits per heavy atom. The van der Waals surface area contributed by atoms with Gasteiger partial charge in [0, 0.05) is 10.7 Å². The van der Waals surface area contributed by atoms with Crippen molar-refractivity contribution in [3.63, 3.8) is 0 Å². The normalized spacial score (nSPS) is 15.5. The van der Waals surface area contributed by atoms with Gasteiger partial charge >= 0.3 is 0 Å². The van der Waals surface area contributed by atoms with Crippen molar-refractivity contribution in [2.75, 3.05) is 5.32 Å². The number of hydrogen-bond acceptors (Lipinski definition) is 3. The number of halogens is 1. The minimum Gasteiger partial charge on any atom is -0.324 e. The van der Waals surface area contributed by atoms with E-state index in [1.807, 2.05) is 28.9 Å². The molecule has 0 fully saturated rings. The molecule has 1 atom stereocenters. The van der Waals surface area contributed by atoms with Crippen molar-refractivity contribution in [3.05, 3.63) is 107 Å². The van der Waals surface area contributed by atoms with Gasteiger partial charge in [0.25, 0.3) is 0 Å². The van der Waals surface area contributed by atoms with E-state index in [0.29, 0.717) is 5.02 Å². The maximum atomic E-state index is 6.21. The Kier molecular flexibility index (Phi) is 4.18. The SMILES string of the molecule is Clc1cccc([C@H]2C=C(c3ccc(-c4ccccc4)cc3)Nc3ncnn32)c1. The van der Waals surface area contributed by atoms with E-state index in [1.165, 1.54) is 11.1 Å². The van der Waals surface area contributed by atoms with Crippen LogP contribution in [0, 0.1) is 0 Å². The van der Waals surface area contributed by atoms with Crippen LogP contribution in [0.4, 0.5) is 5.95 Å². The number of rotatable bonds is 3. The average Bonchev–Trinajstić information content (AvgIpc) is 3.22. The molecule has 4 aromatic rings. The lowest BCUT2D eigenvalue weighted by atomic mass is 9.99. The lowest BCUT2D eigenvalue weighted by Crippen LogP contribution is -2.20. The number of benzene rings is 3. The van der Waals surface area contributed by atoms with Crippen molar-refractivity contribution in [3.8, 4) is 11.1 Å². The first-order valence-corrected chi connectivity index (χ1v) is 9.45. The molecule has 28 heavy (non-hydrogen) atoms. The molecule has 0 aliphatic carbocycles. The van der Waals surface area contributed by atoms with E-state index in [0.717, 1.165) is 22.8 Å². The molecule has 5 rings (SSSR count). The lowest BCUT2D eigenvalue weighted by Gasteiger charge is -2.24. The highest BCUT2D eigenvalue weighted by Crippen LogP contribution is 2.33. The van der Waals surface area contributed by atoms with Crippen LogP contribution >= 0.6 is 11.6 Å². The highest BCUT2D eigenvalue weighted by atomic mass is 35.5. The molecule has 3 aromatic carbocycles. The zero-order valence-corrected chi connectivity index (χ0v) is 15.7. The van der Waals surface area contributed by atoms with Crippen LogP contribution in [0.5, 0.6) is 0 Å². The number of hydrogen-bond donors (Lipinski definition) is 1. The van der Waals surface area contributed by atoms with Gasteiger partial charge in [0.2, 0.25) is 5.95 Å². The molecule has 5 heteroatoms. The summed E-state index contributed by atoms with van der Waals surface area (Å²) in [6.07, 6.45) is 3.72. The third-order valence-electron chi connectivity index (χ3n) is 4.90. The lowest BCUT2D eigenvalue weighted by molar-refractivity contribution is 0.612. The molecule has 0 amide bonds. The molecule has 0 unspecified atom stereocenters. The Balaban J connectivity index is 1.53. The number of nitrogens with one attached hydrogen (secondary N) is 1. The summed E-state index contributed by atoms with van der Waals surface area (Å²) in [5, 5.41) is 8.47. The Hall–Kier alpha value is -3.37. The summed E-state index contributed by atoms with van der Waals surface area (Å²) in [7, 11) is 0. The molecule has 4 nitrogen and oxygen atoms in total. The zero-order valence-electron chi connectivity index (χ0n) is 15.0. The molecule has 0 saturated carbocycles.